The Labute approximate surface area is 178 Å². The molecule has 0 saturated carbocycles. The predicted molar refractivity (Wildman–Crippen MR) is 113 cm³/mol. The molecule has 0 aliphatic carbocycles. The molecule has 0 saturated heterocycles. The first-order chi connectivity index (χ1) is 14.8. The third-order valence-electron chi connectivity index (χ3n) is 4.32. The summed E-state index contributed by atoms with van der Waals surface area (Å²) in [7, 11) is -4.02. The average molecular weight is 446 g/mol. The molecule has 31 heavy (non-hydrogen) atoms. The molecule has 1 atom stereocenters. The second-order valence-electron chi connectivity index (χ2n) is 6.54. The number of carbonyl (C=O) groups is 1. The topological polar surface area (TPSA) is 84.5 Å². The van der Waals surface area contributed by atoms with Gasteiger partial charge in [-0.2, -0.15) is 0 Å². The van der Waals surface area contributed by atoms with Crippen LogP contribution in [-0.2, 0) is 14.8 Å². The van der Waals surface area contributed by atoms with E-state index in [9.17, 15) is 22.0 Å². The quantitative estimate of drug-likeness (QED) is 0.531. The summed E-state index contributed by atoms with van der Waals surface area (Å²) < 4.78 is 60.0. The second-order valence-corrected chi connectivity index (χ2v) is 8.23. The van der Waals surface area contributed by atoms with Gasteiger partial charge < -0.3 is 10.1 Å². The van der Waals surface area contributed by atoms with E-state index < -0.39 is 33.7 Å². The molecule has 2 N–H and O–H groups in total. The summed E-state index contributed by atoms with van der Waals surface area (Å²) in [5, 5.41) is 2.61. The van der Waals surface area contributed by atoms with Gasteiger partial charge in [-0.3, -0.25) is 9.52 Å². The van der Waals surface area contributed by atoms with Crippen LogP contribution >= 0.6 is 0 Å². The van der Waals surface area contributed by atoms with Crippen molar-refractivity contribution in [1.82, 2.24) is 0 Å². The van der Waals surface area contributed by atoms with Crippen molar-refractivity contribution in [3.05, 3.63) is 84.4 Å². The number of carbonyl (C=O) groups excluding carboxylic acids is 1. The van der Waals surface area contributed by atoms with Gasteiger partial charge in [0.25, 0.3) is 15.9 Å². The Balaban J connectivity index is 1.68. The standard InChI is InChI=1S/C22H20F2N2O4S/c1-2-20(30-21-10-6-4-8-18(21)24)22(27)25-15-11-13-16(14-12-15)31(28,29)26-19-9-5-3-7-17(19)23/h3-14,20,26H,2H2,1H3,(H,25,27). The molecule has 1 unspecified atom stereocenters. The number of hydrogen-bond donors (Lipinski definition) is 2. The van der Waals surface area contributed by atoms with Gasteiger partial charge in [-0.15, -0.1) is 0 Å². The van der Waals surface area contributed by atoms with Gasteiger partial charge in [0.15, 0.2) is 17.7 Å². The highest BCUT2D eigenvalue weighted by molar-refractivity contribution is 7.92. The van der Waals surface area contributed by atoms with E-state index >= 15 is 0 Å². The van der Waals surface area contributed by atoms with Crippen LogP contribution in [0, 0.1) is 11.6 Å². The van der Waals surface area contributed by atoms with Crippen molar-refractivity contribution in [2.45, 2.75) is 24.3 Å². The van der Waals surface area contributed by atoms with Gasteiger partial charge in [0, 0.05) is 5.69 Å². The summed E-state index contributed by atoms with van der Waals surface area (Å²) in [4.78, 5) is 12.4. The van der Waals surface area contributed by atoms with Crippen LogP contribution in [-0.4, -0.2) is 20.4 Å². The summed E-state index contributed by atoms with van der Waals surface area (Å²) in [6, 6.07) is 16.5. The van der Waals surface area contributed by atoms with Crippen LogP contribution in [0.5, 0.6) is 5.75 Å². The number of sulfonamides is 1. The molecular weight excluding hydrogens is 426 g/mol. The number of benzene rings is 3. The number of para-hydroxylation sites is 2. The zero-order valence-electron chi connectivity index (χ0n) is 16.5. The van der Waals surface area contributed by atoms with Gasteiger partial charge in [0.2, 0.25) is 0 Å². The fourth-order valence-electron chi connectivity index (χ4n) is 2.70. The molecule has 3 rings (SSSR count). The number of nitrogens with one attached hydrogen (secondary N) is 2. The molecule has 0 aromatic heterocycles. The van der Waals surface area contributed by atoms with Gasteiger partial charge in [-0.05, 0) is 55.0 Å². The monoisotopic (exact) mass is 446 g/mol. The third kappa shape index (κ3) is 5.58. The van der Waals surface area contributed by atoms with E-state index in [4.69, 9.17) is 4.74 Å². The van der Waals surface area contributed by atoms with Crippen LogP contribution < -0.4 is 14.8 Å². The van der Waals surface area contributed by atoms with Crippen LogP contribution in [0.3, 0.4) is 0 Å². The zero-order chi connectivity index (χ0) is 22.4. The predicted octanol–water partition coefficient (Wildman–Crippen LogP) is 4.56. The lowest BCUT2D eigenvalue weighted by molar-refractivity contribution is -0.122. The van der Waals surface area contributed by atoms with Crippen LogP contribution in [0.15, 0.2) is 77.7 Å². The number of anilines is 2. The van der Waals surface area contributed by atoms with Crippen LogP contribution in [0.1, 0.15) is 13.3 Å². The van der Waals surface area contributed by atoms with E-state index in [1.165, 1.54) is 60.7 Å². The highest BCUT2D eigenvalue weighted by atomic mass is 32.2. The fourth-order valence-corrected chi connectivity index (χ4v) is 3.77. The number of hydrogen-bond acceptors (Lipinski definition) is 4. The maximum Gasteiger partial charge on any atom is 0.265 e. The van der Waals surface area contributed by atoms with Gasteiger partial charge in [0.05, 0.1) is 10.6 Å². The van der Waals surface area contributed by atoms with E-state index in [0.29, 0.717) is 12.1 Å². The third-order valence-corrected chi connectivity index (χ3v) is 5.70. The van der Waals surface area contributed by atoms with E-state index in [1.807, 2.05) is 0 Å². The minimum atomic E-state index is -4.02. The minimum Gasteiger partial charge on any atom is -0.478 e. The van der Waals surface area contributed by atoms with Gasteiger partial charge in [-0.25, -0.2) is 17.2 Å². The Hall–Kier alpha value is -3.46. The number of halogens is 2. The molecule has 162 valence electrons. The highest BCUT2D eigenvalue weighted by Gasteiger charge is 2.21. The Morgan fingerprint density at radius 2 is 1.55 bits per heavy atom. The maximum absolute atomic E-state index is 13.8. The van der Waals surface area contributed by atoms with Crippen molar-refractivity contribution in [2.75, 3.05) is 10.0 Å². The maximum atomic E-state index is 13.8. The van der Waals surface area contributed by atoms with Crippen LogP contribution in [0.2, 0.25) is 0 Å². The molecule has 0 spiro atoms. The fraction of sp³-hybridized carbons (Fsp3) is 0.136. The molecule has 0 heterocycles. The van der Waals surface area contributed by atoms with E-state index in [-0.39, 0.29) is 16.3 Å². The summed E-state index contributed by atoms with van der Waals surface area (Å²) in [5.41, 5.74) is 0.154. The molecule has 0 aliphatic heterocycles. The van der Waals surface area contributed by atoms with E-state index in [0.717, 1.165) is 6.07 Å². The zero-order valence-corrected chi connectivity index (χ0v) is 17.3. The van der Waals surface area contributed by atoms with Crippen molar-refractivity contribution in [3.8, 4) is 5.75 Å². The Kier molecular flexibility index (Phi) is 6.86. The summed E-state index contributed by atoms with van der Waals surface area (Å²) in [5.74, 6) is -1.82. The molecule has 0 fully saturated rings. The molecule has 6 nitrogen and oxygen atoms in total. The van der Waals surface area contributed by atoms with Crippen molar-refractivity contribution in [1.29, 1.82) is 0 Å². The van der Waals surface area contributed by atoms with Gasteiger partial charge in [0.1, 0.15) is 5.82 Å². The lowest BCUT2D eigenvalue weighted by Gasteiger charge is -2.17. The van der Waals surface area contributed by atoms with Gasteiger partial charge in [-0.1, -0.05) is 31.2 Å². The number of ether oxygens (including phenoxy) is 1. The Bertz CT molecular complexity index is 1170. The molecule has 9 heteroatoms. The summed E-state index contributed by atoms with van der Waals surface area (Å²) in [6.07, 6.45) is -0.651. The molecule has 1 amide bonds. The average Bonchev–Trinajstić information content (AvgIpc) is 2.75. The van der Waals surface area contributed by atoms with Crippen LogP contribution in [0.25, 0.3) is 0 Å². The normalized spacial score (nSPS) is 12.1. The first kappa shape index (κ1) is 22.2. The molecule has 0 bridgehead atoms. The molecule has 0 radical (unpaired) electrons. The van der Waals surface area contributed by atoms with Crippen molar-refractivity contribution in [3.63, 3.8) is 0 Å². The van der Waals surface area contributed by atoms with Crippen LogP contribution in [0.4, 0.5) is 20.2 Å². The summed E-state index contributed by atoms with van der Waals surface area (Å²) >= 11 is 0. The first-order valence-corrected chi connectivity index (χ1v) is 10.9. The molecule has 0 aliphatic rings. The van der Waals surface area contributed by atoms with Crippen molar-refractivity contribution < 1.29 is 26.7 Å². The highest BCUT2D eigenvalue weighted by Crippen LogP contribution is 2.22. The molecule has 3 aromatic rings. The first-order valence-electron chi connectivity index (χ1n) is 9.39. The minimum absolute atomic E-state index is 0.0369. The number of amides is 1. The van der Waals surface area contributed by atoms with E-state index in [2.05, 4.69) is 10.0 Å². The summed E-state index contributed by atoms with van der Waals surface area (Å²) in [6.45, 7) is 1.72. The Morgan fingerprint density at radius 1 is 0.935 bits per heavy atom. The van der Waals surface area contributed by atoms with Crippen molar-refractivity contribution >= 4 is 27.3 Å². The smallest absolute Gasteiger partial charge is 0.265 e. The number of rotatable bonds is 8. The molecular formula is C22H20F2N2O4S. The lowest BCUT2D eigenvalue weighted by atomic mass is 10.2. The Morgan fingerprint density at radius 3 is 2.16 bits per heavy atom. The SMILES string of the molecule is CCC(Oc1ccccc1F)C(=O)Nc1ccc(S(=O)(=O)Nc2ccccc2F)cc1. The van der Waals surface area contributed by atoms with Gasteiger partial charge >= 0.3 is 0 Å². The molecule has 3 aromatic carbocycles. The van der Waals surface area contributed by atoms with Crippen molar-refractivity contribution in [2.24, 2.45) is 0 Å². The second kappa shape index (κ2) is 9.57. The van der Waals surface area contributed by atoms with E-state index in [1.54, 1.807) is 13.0 Å². The largest absolute Gasteiger partial charge is 0.478 e. The lowest BCUT2D eigenvalue weighted by Crippen LogP contribution is -2.32.